The van der Waals surface area contributed by atoms with Gasteiger partial charge in [-0.3, -0.25) is 4.79 Å². The third kappa shape index (κ3) is 5.72. The number of carbonyl (C=O) groups is 2. The number of rotatable bonds is 7. The number of ether oxygens (including phenoxy) is 1. The first-order valence-electron chi connectivity index (χ1n) is 9.55. The Hall–Kier alpha value is -2.69. The Labute approximate surface area is 189 Å². The molecule has 2 aromatic carbocycles. The average Bonchev–Trinajstić information content (AvgIpc) is 3.10. The normalized spacial score (nSPS) is 16.2. The van der Waals surface area contributed by atoms with E-state index in [4.69, 9.17) is 9.88 Å². The smallest absolute Gasteiger partial charge is 0.335 e. The molecule has 0 saturated carbocycles. The molecular formula is C21H22BrN3O5S. The van der Waals surface area contributed by atoms with Gasteiger partial charge in [0.05, 0.1) is 28.8 Å². The van der Waals surface area contributed by atoms with E-state index in [0.29, 0.717) is 24.1 Å². The summed E-state index contributed by atoms with van der Waals surface area (Å²) in [6.45, 7) is 1.94. The van der Waals surface area contributed by atoms with Gasteiger partial charge in [-0.25, -0.2) is 18.4 Å². The molecule has 10 heteroatoms. The summed E-state index contributed by atoms with van der Waals surface area (Å²) >= 11 is 3.43. The molecule has 1 atom stereocenters. The van der Waals surface area contributed by atoms with Crippen molar-refractivity contribution in [2.75, 3.05) is 11.9 Å². The lowest BCUT2D eigenvalue weighted by atomic mass is 10.1. The van der Waals surface area contributed by atoms with Gasteiger partial charge in [0.15, 0.2) is 0 Å². The number of hydrogen-bond donors (Lipinski definition) is 3. The van der Waals surface area contributed by atoms with Crippen molar-refractivity contribution in [1.82, 2.24) is 5.32 Å². The van der Waals surface area contributed by atoms with Crippen molar-refractivity contribution in [2.24, 2.45) is 5.14 Å². The molecule has 164 valence electrons. The lowest BCUT2D eigenvalue weighted by Gasteiger charge is -2.20. The van der Waals surface area contributed by atoms with E-state index in [1.165, 1.54) is 24.3 Å². The number of halogens is 1. The minimum atomic E-state index is -3.86. The first kappa shape index (κ1) is 23.0. The van der Waals surface area contributed by atoms with E-state index < -0.39 is 21.9 Å². The van der Waals surface area contributed by atoms with E-state index in [1.54, 1.807) is 6.92 Å². The Morgan fingerprint density at radius 2 is 1.90 bits per heavy atom. The molecule has 0 aromatic heterocycles. The number of benzene rings is 2. The van der Waals surface area contributed by atoms with Crippen LogP contribution in [0.1, 0.15) is 30.1 Å². The van der Waals surface area contributed by atoms with Crippen LogP contribution in [0.2, 0.25) is 0 Å². The number of anilines is 1. The molecule has 8 nitrogen and oxygen atoms in total. The zero-order valence-electron chi connectivity index (χ0n) is 16.7. The Morgan fingerprint density at radius 1 is 1.19 bits per heavy atom. The maximum atomic E-state index is 12.8. The van der Waals surface area contributed by atoms with Gasteiger partial charge in [-0.2, -0.15) is 0 Å². The second-order valence-corrected chi connectivity index (χ2v) is 9.36. The second kappa shape index (κ2) is 9.63. The minimum Gasteiger partial charge on any atom is -0.463 e. The van der Waals surface area contributed by atoms with Crippen molar-refractivity contribution in [3.63, 3.8) is 0 Å². The Morgan fingerprint density at radius 3 is 2.52 bits per heavy atom. The van der Waals surface area contributed by atoms with Gasteiger partial charge in [0.1, 0.15) is 0 Å². The highest BCUT2D eigenvalue weighted by Crippen LogP contribution is 2.29. The van der Waals surface area contributed by atoms with E-state index in [-0.39, 0.29) is 23.1 Å². The summed E-state index contributed by atoms with van der Waals surface area (Å²) < 4.78 is 28.9. The maximum absolute atomic E-state index is 12.8. The van der Waals surface area contributed by atoms with Crippen molar-refractivity contribution >= 4 is 43.5 Å². The van der Waals surface area contributed by atoms with Crippen molar-refractivity contribution in [3.8, 4) is 0 Å². The lowest BCUT2D eigenvalue weighted by molar-refractivity contribution is -0.138. The van der Waals surface area contributed by atoms with Gasteiger partial charge >= 0.3 is 5.97 Å². The number of esters is 1. The van der Waals surface area contributed by atoms with E-state index in [1.807, 2.05) is 24.3 Å². The average molecular weight is 508 g/mol. The molecule has 1 unspecified atom stereocenters. The molecule has 2 aromatic rings. The van der Waals surface area contributed by atoms with Crippen LogP contribution in [0.5, 0.6) is 0 Å². The van der Waals surface area contributed by atoms with Crippen LogP contribution in [0.25, 0.3) is 0 Å². The molecule has 0 fully saturated rings. The Kier molecular flexibility index (Phi) is 7.14. The molecule has 0 bridgehead atoms. The third-order valence-corrected chi connectivity index (χ3v) is 6.16. The highest BCUT2D eigenvalue weighted by molar-refractivity contribution is 9.10. The Bertz CT molecular complexity index is 1130. The predicted molar refractivity (Wildman–Crippen MR) is 120 cm³/mol. The fourth-order valence-electron chi connectivity index (χ4n) is 3.29. The molecule has 0 heterocycles. The first-order chi connectivity index (χ1) is 14.7. The van der Waals surface area contributed by atoms with Crippen molar-refractivity contribution in [3.05, 3.63) is 69.8 Å². The van der Waals surface area contributed by atoms with Gasteiger partial charge in [-0.15, -0.1) is 0 Å². The summed E-state index contributed by atoms with van der Waals surface area (Å²) in [5.74, 6) is -0.943. The van der Waals surface area contributed by atoms with Gasteiger partial charge in [0.25, 0.3) is 5.91 Å². The summed E-state index contributed by atoms with van der Waals surface area (Å²) in [5, 5.41) is 11.2. The molecule has 3 rings (SSSR count). The zero-order valence-corrected chi connectivity index (χ0v) is 19.1. The maximum Gasteiger partial charge on any atom is 0.335 e. The summed E-state index contributed by atoms with van der Waals surface area (Å²) in [5.41, 5.74) is 1.91. The monoisotopic (exact) mass is 507 g/mol. The highest BCUT2D eigenvalue weighted by atomic mass is 79.9. The van der Waals surface area contributed by atoms with Gasteiger partial charge in [-0.1, -0.05) is 22.0 Å². The van der Waals surface area contributed by atoms with Crippen LogP contribution in [0.15, 0.2) is 69.2 Å². The molecule has 31 heavy (non-hydrogen) atoms. The minimum absolute atomic E-state index is 0.0921. The van der Waals surface area contributed by atoms with Gasteiger partial charge in [0, 0.05) is 15.7 Å². The van der Waals surface area contributed by atoms with E-state index >= 15 is 0 Å². The fraction of sp³-hybridized carbons (Fsp3) is 0.238. The van der Waals surface area contributed by atoms with Crippen molar-refractivity contribution in [1.29, 1.82) is 0 Å². The van der Waals surface area contributed by atoms with Crippen LogP contribution >= 0.6 is 15.9 Å². The number of sulfonamides is 1. The summed E-state index contributed by atoms with van der Waals surface area (Å²) in [6.07, 6.45) is 1.05. The number of nitrogens with one attached hydrogen (secondary N) is 2. The van der Waals surface area contributed by atoms with Gasteiger partial charge in [0.2, 0.25) is 10.0 Å². The fourth-order valence-corrected chi connectivity index (χ4v) is 4.20. The van der Waals surface area contributed by atoms with Crippen LogP contribution < -0.4 is 15.8 Å². The van der Waals surface area contributed by atoms with E-state index in [2.05, 4.69) is 26.6 Å². The molecule has 0 aliphatic heterocycles. The number of primary sulfonamides is 1. The van der Waals surface area contributed by atoms with Gasteiger partial charge in [-0.05, 0) is 62.2 Å². The number of amides is 1. The third-order valence-electron chi connectivity index (χ3n) is 4.74. The van der Waals surface area contributed by atoms with Crippen molar-refractivity contribution in [2.45, 2.75) is 30.7 Å². The summed E-state index contributed by atoms with van der Waals surface area (Å²) in [6, 6.07) is 12.5. The first-order valence-corrected chi connectivity index (χ1v) is 11.9. The largest absolute Gasteiger partial charge is 0.463 e. The SMILES string of the molecule is CCOC(=O)C1=C(NC(=O)c2ccc(S(N)(=O)=O)cc2)C(Nc2cccc(Br)c2)CC1. The molecule has 0 spiro atoms. The van der Waals surface area contributed by atoms with Crippen LogP contribution in [-0.2, 0) is 19.6 Å². The number of carbonyl (C=O) groups excluding carboxylic acids is 2. The predicted octanol–water partition coefficient (Wildman–Crippen LogP) is 2.92. The molecule has 1 amide bonds. The van der Waals surface area contributed by atoms with Crippen LogP contribution in [0.3, 0.4) is 0 Å². The topological polar surface area (TPSA) is 128 Å². The summed E-state index contributed by atoms with van der Waals surface area (Å²) in [7, 11) is -3.86. The quantitative estimate of drug-likeness (QED) is 0.494. The van der Waals surface area contributed by atoms with Gasteiger partial charge < -0.3 is 15.4 Å². The van der Waals surface area contributed by atoms with E-state index in [0.717, 1.165) is 10.2 Å². The Balaban J connectivity index is 1.86. The molecule has 4 N–H and O–H groups in total. The standard InChI is InChI=1S/C21H22BrN3O5S/c1-2-30-21(27)17-10-11-18(24-15-5-3-4-14(22)12-15)19(17)25-20(26)13-6-8-16(9-7-13)31(23,28)29/h3-9,12,18,24H,2,10-11H2,1H3,(H,25,26)(H2,23,28,29). The summed E-state index contributed by atoms with van der Waals surface area (Å²) in [4.78, 5) is 25.2. The molecule has 1 aliphatic rings. The van der Waals surface area contributed by atoms with E-state index in [9.17, 15) is 18.0 Å². The molecule has 0 radical (unpaired) electrons. The van der Waals surface area contributed by atoms with Crippen LogP contribution in [0.4, 0.5) is 5.69 Å². The second-order valence-electron chi connectivity index (χ2n) is 6.88. The van der Waals surface area contributed by atoms with Crippen LogP contribution in [0, 0.1) is 0 Å². The molecular weight excluding hydrogens is 486 g/mol. The molecule has 0 saturated heterocycles. The lowest BCUT2D eigenvalue weighted by Crippen LogP contribution is -2.33. The highest BCUT2D eigenvalue weighted by Gasteiger charge is 2.31. The zero-order chi connectivity index (χ0) is 22.6. The van der Waals surface area contributed by atoms with Crippen LogP contribution in [-0.4, -0.2) is 32.9 Å². The number of hydrogen-bond acceptors (Lipinski definition) is 6. The van der Waals surface area contributed by atoms with Crippen molar-refractivity contribution < 1.29 is 22.7 Å². The molecule has 1 aliphatic carbocycles. The number of nitrogens with two attached hydrogens (primary N) is 1.